The molecule has 1 saturated heterocycles. The molecule has 0 atom stereocenters. The van der Waals surface area contributed by atoms with Gasteiger partial charge in [0.2, 0.25) is 5.91 Å². The number of hydrogen-bond donors (Lipinski definition) is 1. The van der Waals surface area contributed by atoms with Crippen LogP contribution >= 0.6 is 0 Å². The Morgan fingerprint density at radius 1 is 1.35 bits per heavy atom. The first-order chi connectivity index (χ1) is 9.61. The highest BCUT2D eigenvalue weighted by Crippen LogP contribution is 2.20. The van der Waals surface area contributed by atoms with Crippen LogP contribution < -0.4 is 10.2 Å². The van der Waals surface area contributed by atoms with Crippen LogP contribution in [0.2, 0.25) is 0 Å². The van der Waals surface area contributed by atoms with Gasteiger partial charge >= 0.3 is 6.03 Å². The molecular formula is C15H19N3O2. The van der Waals surface area contributed by atoms with E-state index < -0.39 is 0 Å². The average Bonchev–Trinajstić information content (AvgIpc) is 2.79. The summed E-state index contributed by atoms with van der Waals surface area (Å²) < 4.78 is 0. The van der Waals surface area contributed by atoms with Crippen molar-refractivity contribution in [3.8, 4) is 0 Å². The molecule has 0 radical (unpaired) electrons. The molecule has 0 aromatic heterocycles. The summed E-state index contributed by atoms with van der Waals surface area (Å²) in [5.41, 5.74) is 2.02. The van der Waals surface area contributed by atoms with Crippen LogP contribution in [0.15, 0.2) is 36.9 Å². The van der Waals surface area contributed by atoms with E-state index in [0.717, 1.165) is 11.3 Å². The normalized spacial score (nSPS) is 14.6. The minimum absolute atomic E-state index is 0.0923. The van der Waals surface area contributed by atoms with Gasteiger partial charge in [0.25, 0.3) is 0 Å². The van der Waals surface area contributed by atoms with Crippen LogP contribution in [0, 0.1) is 6.92 Å². The number of amides is 3. The highest BCUT2D eigenvalue weighted by atomic mass is 16.2. The van der Waals surface area contributed by atoms with E-state index in [2.05, 4.69) is 11.9 Å². The number of urea groups is 1. The molecule has 1 fully saturated rings. The van der Waals surface area contributed by atoms with E-state index in [4.69, 9.17) is 0 Å². The maximum Gasteiger partial charge on any atom is 0.325 e. The lowest BCUT2D eigenvalue weighted by Gasteiger charge is -2.18. The number of aryl methyl sites for hydroxylation is 1. The number of hydrogen-bond acceptors (Lipinski definition) is 2. The molecule has 1 heterocycles. The van der Waals surface area contributed by atoms with Gasteiger partial charge in [-0.2, -0.15) is 0 Å². The molecule has 0 aliphatic carbocycles. The van der Waals surface area contributed by atoms with Gasteiger partial charge in [0.1, 0.15) is 6.54 Å². The van der Waals surface area contributed by atoms with Crippen LogP contribution in [0.5, 0.6) is 0 Å². The highest BCUT2D eigenvalue weighted by molar-refractivity contribution is 5.96. The van der Waals surface area contributed by atoms with Crippen LogP contribution in [0.3, 0.4) is 0 Å². The Bertz CT molecular complexity index is 510. The minimum atomic E-state index is -0.163. The number of anilines is 1. The number of nitrogens with zero attached hydrogens (tertiary/aromatic N) is 2. The van der Waals surface area contributed by atoms with E-state index in [1.54, 1.807) is 15.9 Å². The third kappa shape index (κ3) is 3.17. The fourth-order valence-corrected chi connectivity index (χ4v) is 2.11. The monoisotopic (exact) mass is 273 g/mol. The lowest BCUT2D eigenvalue weighted by molar-refractivity contribution is -0.121. The molecule has 1 aromatic carbocycles. The lowest BCUT2D eigenvalue weighted by atomic mass is 10.2. The maximum atomic E-state index is 12.3. The van der Waals surface area contributed by atoms with Crippen molar-refractivity contribution < 1.29 is 9.59 Å². The van der Waals surface area contributed by atoms with Gasteiger partial charge in [-0.3, -0.25) is 9.69 Å². The maximum absolute atomic E-state index is 12.3. The predicted molar refractivity (Wildman–Crippen MR) is 78.7 cm³/mol. The molecule has 5 nitrogen and oxygen atoms in total. The standard InChI is InChI=1S/C15H19N3O2/c1-3-8-16-14(19)11-17-9-10-18(15(17)20)13-6-4-12(2)5-7-13/h3-7H,1,8-11H2,2H3,(H,16,19). The molecule has 0 bridgehead atoms. The molecular weight excluding hydrogens is 254 g/mol. The largest absolute Gasteiger partial charge is 0.351 e. The summed E-state index contributed by atoms with van der Waals surface area (Å²) in [7, 11) is 0. The Balaban J connectivity index is 1.97. The zero-order valence-electron chi connectivity index (χ0n) is 11.6. The van der Waals surface area contributed by atoms with Gasteiger partial charge in [0, 0.05) is 25.3 Å². The number of benzene rings is 1. The smallest absolute Gasteiger partial charge is 0.325 e. The van der Waals surface area contributed by atoms with Gasteiger partial charge in [-0.15, -0.1) is 6.58 Å². The van der Waals surface area contributed by atoms with Gasteiger partial charge in [-0.1, -0.05) is 23.8 Å². The number of carbonyl (C=O) groups excluding carboxylic acids is 2. The molecule has 106 valence electrons. The molecule has 1 aliphatic heterocycles. The van der Waals surface area contributed by atoms with Gasteiger partial charge < -0.3 is 10.2 Å². The van der Waals surface area contributed by atoms with Crippen molar-refractivity contribution >= 4 is 17.6 Å². The molecule has 0 spiro atoms. The molecule has 1 N–H and O–H groups in total. The van der Waals surface area contributed by atoms with Gasteiger partial charge in [0.15, 0.2) is 0 Å². The lowest BCUT2D eigenvalue weighted by Crippen LogP contribution is -2.40. The Kier molecular flexibility index (Phi) is 4.40. The van der Waals surface area contributed by atoms with Crippen molar-refractivity contribution in [2.24, 2.45) is 0 Å². The number of nitrogens with one attached hydrogen (secondary N) is 1. The molecule has 1 aliphatic rings. The van der Waals surface area contributed by atoms with Crippen molar-refractivity contribution in [1.29, 1.82) is 0 Å². The summed E-state index contributed by atoms with van der Waals surface area (Å²) in [5, 5.41) is 2.67. The first-order valence-corrected chi connectivity index (χ1v) is 6.62. The van der Waals surface area contributed by atoms with Crippen LogP contribution in [0.25, 0.3) is 0 Å². The Labute approximate surface area is 118 Å². The van der Waals surface area contributed by atoms with Crippen molar-refractivity contribution in [2.75, 3.05) is 31.1 Å². The van der Waals surface area contributed by atoms with Gasteiger partial charge in [-0.25, -0.2) is 4.79 Å². The second kappa shape index (κ2) is 6.23. The zero-order chi connectivity index (χ0) is 14.5. The topological polar surface area (TPSA) is 52.7 Å². The number of rotatable bonds is 5. The first-order valence-electron chi connectivity index (χ1n) is 6.62. The van der Waals surface area contributed by atoms with E-state index in [0.29, 0.717) is 19.6 Å². The minimum Gasteiger partial charge on any atom is -0.351 e. The predicted octanol–water partition coefficient (Wildman–Crippen LogP) is 1.54. The molecule has 0 unspecified atom stereocenters. The second-order valence-corrected chi connectivity index (χ2v) is 4.78. The van der Waals surface area contributed by atoms with Gasteiger partial charge in [0.05, 0.1) is 0 Å². The second-order valence-electron chi connectivity index (χ2n) is 4.78. The van der Waals surface area contributed by atoms with Crippen LogP contribution in [-0.4, -0.2) is 43.0 Å². The first kappa shape index (κ1) is 14.1. The summed E-state index contributed by atoms with van der Waals surface area (Å²) in [6.45, 7) is 7.22. The third-order valence-corrected chi connectivity index (χ3v) is 3.22. The Morgan fingerprint density at radius 3 is 2.70 bits per heavy atom. The van der Waals surface area contributed by atoms with E-state index in [-0.39, 0.29) is 18.5 Å². The molecule has 1 aromatic rings. The third-order valence-electron chi connectivity index (χ3n) is 3.22. The fraction of sp³-hybridized carbons (Fsp3) is 0.333. The molecule has 0 saturated carbocycles. The van der Waals surface area contributed by atoms with E-state index in [1.807, 2.05) is 31.2 Å². The van der Waals surface area contributed by atoms with Gasteiger partial charge in [-0.05, 0) is 19.1 Å². The molecule has 20 heavy (non-hydrogen) atoms. The SMILES string of the molecule is C=CCNC(=O)CN1CCN(c2ccc(C)cc2)C1=O. The van der Waals surface area contributed by atoms with Crippen LogP contribution in [0.1, 0.15) is 5.56 Å². The van der Waals surface area contributed by atoms with Crippen LogP contribution in [0.4, 0.5) is 10.5 Å². The zero-order valence-corrected chi connectivity index (χ0v) is 11.6. The quantitative estimate of drug-likeness (QED) is 0.827. The molecule has 2 rings (SSSR count). The molecule has 5 heteroatoms. The summed E-state index contributed by atoms with van der Waals surface area (Å²) >= 11 is 0. The fourth-order valence-electron chi connectivity index (χ4n) is 2.11. The van der Waals surface area contributed by atoms with E-state index >= 15 is 0 Å². The Hall–Kier alpha value is -2.30. The summed E-state index contributed by atoms with van der Waals surface area (Å²) in [6, 6.07) is 7.68. The van der Waals surface area contributed by atoms with Crippen LogP contribution in [-0.2, 0) is 4.79 Å². The Morgan fingerprint density at radius 2 is 2.05 bits per heavy atom. The van der Waals surface area contributed by atoms with Crippen molar-refractivity contribution in [1.82, 2.24) is 10.2 Å². The highest BCUT2D eigenvalue weighted by Gasteiger charge is 2.30. The van der Waals surface area contributed by atoms with E-state index in [9.17, 15) is 9.59 Å². The number of carbonyl (C=O) groups is 2. The van der Waals surface area contributed by atoms with E-state index in [1.165, 1.54) is 0 Å². The summed E-state index contributed by atoms with van der Waals surface area (Å²) in [5.74, 6) is -0.163. The van der Waals surface area contributed by atoms with Crippen molar-refractivity contribution in [3.63, 3.8) is 0 Å². The molecule has 3 amide bonds. The average molecular weight is 273 g/mol. The van der Waals surface area contributed by atoms with Crippen molar-refractivity contribution in [2.45, 2.75) is 6.92 Å². The van der Waals surface area contributed by atoms with Crippen molar-refractivity contribution in [3.05, 3.63) is 42.5 Å². The summed E-state index contributed by atoms with van der Waals surface area (Å²) in [4.78, 5) is 27.1. The summed E-state index contributed by atoms with van der Waals surface area (Å²) in [6.07, 6.45) is 1.61.